The fourth-order valence-corrected chi connectivity index (χ4v) is 1.70. The van der Waals surface area contributed by atoms with Gasteiger partial charge in [-0.25, -0.2) is 4.68 Å². The molecule has 4 heteroatoms. The molecular formula is C12H15N3O. The Balaban J connectivity index is 2.38. The Bertz CT molecular complexity index is 439. The summed E-state index contributed by atoms with van der Waals surface area (Å²) in [6.45, 7) is 0.467. The molecule has 84 valence electrons. The van der Waals surface area contributed by atoms with Gasteiger partial charge in [0.1, 0.15) is 0 Å². The maximum Gasteiger partial charge on any atom is 0.0823 e. The highest BCUT2D eigenvalue weighted by Gasteiger charge is 2.12. The molecule has 1 aromatic heterocycles. The van der Waals surface area contributed by atoms with Crippen LogP contribution in [-0.2, 0) is 0 Å². The van der Waals surface area contributed by atoms with E-state index in [1.165, 1.54) is 0 Å². The van der Waals surface area contributed by atoms with Crippen molar-refractivity contribution >= 4 is 0 Å². The van der Waals surface area contributed by atoms with Crippen molar-refractivity contribution in [3.05, 3.63) is 48.3 Å². The number of hydrogen-bond donors (Lipinski definition) is 2. The van der Waals surface area contributed by atoms with Gasteiger partial charge >= 0.3 is 0 Å². The molecule has 0 saturated heterocycles. The van der Waals surface area contributed by atoms with Crippen LogP contribution >= 0.6 is 0 Å². The molecule has 0 saturated carbocycles. The van der Waals surface area contributed by atoms with Crippen LogP contribution in [0.15, 0.2) is 42.7 Å². The maximum absolute atomic E-state index is 9.98. The first kappa shape index (κ1) is 10.9. The van der Waals surface area contributed by atoms with Gasteiger partial charge in [0.05, 0.1) is 11.8 Å². The summed E-state index contributed by atoms with van der Waals surface area (Å²) < 4.78 is 1.75. The van der Waals surface area contributed by atoms with Gasteiger partial charge < -0.3 is 10.8 Å². The second kappa shape index (κ2) is 4.92. The van der Waals surface area contributed by atoms with Crippen molar-refractivity contribution in [2.75, 3.05) is 6.54 Å². The summed E-state index contributed by atoms with van der Waals surface area (Å²) >= 11 is 0. The highest BCUT2D eigenvalue weighted by atomic mass is 16.3. The number of aliphatic hydroxyl groups excluding tert-OH is 1. The Kier molecular flexibility index (Phi) is 3.34. The van der Waals surface area contributed by atoms with E-state index in [-0.39, 0.29) is 0 Å². The summed E-state index contributed by atoms with van der Waals surface area (Å²) in [6, 6.07) is 9.52. The van der Waals surface area contributed by atoms with E-state index in [0.717, 1.165) is 11.3 Å². The molecule has 1 atom stereocenters. The zero-order chi connectivity index (χ0) is 11.4. The van der Waals surface area contributed by atoms with Crippen molar-refractivity contribution in [2.24, 2.45) is 5.73 Å². The van der Waals surface area contributed by atoms with Crippen LogP contribution in [0.2, 0.25) is 0 Å². The SMILES string of the molecule is NCC[C@H](O)c1ccccc1-n1cccn1. The van der Waals surface area contributed by atoms with Crippen LogP contribution in [0.5, 0.6) is 0 Å². The average molecular weight is 217 g/mol. The quantitative estimate of drug-likeness (QED) is 0.810. The van der Waals surface area contributed by atoms with Gasteiger partial charge in [-0.05, 0) is 25.1 Å². The molecule has 0 aliphatic carbocycles. The Labute approximate surface area is 94.3 Å². The van der Waals surface area contributed by atoms with Gasteiger partial charge in [0.25, 0.3) is 0 Å². The number of aliphatic hydroxyl groups is 1. The van der Waals surface area contributed by atoms with E-state index >= 15 is 0 Å². The van der Waals surface area contributed by atoms with E-state index in [0.29, 0.717) is 13.0 Å². The van der Waals surface area contributed by atoms with Gasteiger partial charge in [0, 0.05) is 18.0 Å². The van der Waals surface area contributed by atoms with Crippen molar-refractivity contribution in [2.45, 2.75) is 12.5 Å². The minimum Gasteiger partial charge on any atom is -0.388 e. The molecule has 0 aliphatic rings. The summed E-state index contributed by atoms with van der Waals surface area (Å²) in [4.78, 5) is 0. The first-order valence-electron chi connectivity index (χ1n) is 5.30. The Morgan fingerprint density at radius 3 is 2.81 bits per heavy atom. The number of nitrogens with two attached hydrogens (primary N) is 1. The van der Waals surface area contributed by atoms with Gasteiger partial charge in [-0.15, -0.1) is 0 Å². The second-order valence-corrected chi connectivity index (χ2v) is 3.60. The van der Waals surface area contributed by atoms with E-state index in [1.54, 1.807) is 10.9 Å². The lowest BCUT2D eigenvalue weighted by Gasteiger charge is -2.14. The van der Waals surface area contributed by atoms with Crippen LogP contribution in [0.25, 0.3) is 5.69 Å². The molecule has 1 aromatic carbocycles. The summed E-state index contributed by atoms with van der Waals surface area (Å²) in [7, 11) is 0. The minimum absolute atomic E-state index is 0.467. The average Bonchev–Trinajstić information content (AvgIpc) is 2.83. The standard InChI is InChI=1S/C12H15N3O/c13-7-6-12(16)10-4-1-2-5-11(10)15-9-3-8-14-15/h1-5,8-9,12,16H,6-7,13H2/t12-/m0/s1. The van der Waals surface area contributed by atoms with E-state index in [9.17, 15) is 5.11 Å². The number of hydrogen-bond acceptors (Lipinski definition) is 3. The van der Waals surface area contributed by atoms with Crippen molar-refractivity contribution < 1.29 is 5.11 Å². The molecule has 16 heavy (non-hydrogen) atoms. The third-order valence-electron chi connectivity index (χ3n) is 2.49. The summed E-state index contributed by atoms with van der Waals surface area (Å²) in [5.41, 5.74) is 7.21. The van der Waals surface area contributed by atoms with Crippen molar-refractivity contribution in [1.82, 2.24) is 9.78 Å². The first-order chi connectivity index (χ1) is 7.83. The fraction of sp³-hybridized carbons (Fsp3) is 0.250. The molecule has 2 aromatic rings. The third-order valence-corrected chi connectivity index (χ3v) is 2.49. The molecule has 0 fully saturated rings. The molecular weight excluding hydrogens is 202 g/mol. The topological polar surface area (TPSA) is 64.1 Å². The van der Waals surface area contributed by atoms with Gasteiger partial charge in [0.15, 0.2) is 0 Å². The Hall–Kier alpha value is -1.65. The van der Waals surface area contributed by atoms with Crippen LogP contribution in [0, 0.1) is 0 Å². The monoisotopic (exact) mass is 217 g/mol. The summed E-state index contributed by atoms with van der Waals surface area (Å²) in [5, 5.41) is 14.1. The lowest BCUT2D eigenvalue weighted by molar-refractivity contribution is 0.170. The van der Waals surface area contributed by atoms with Gasteiger partial charge in [0.2, 0.25) is 0 Å². The lowest BCUT2D eigenvalue weighted by Crippen LogP contribution is -2.10. The molecule has 0 radical (unpaired) electrons. The highest BCUT2D eigenvalue weighted by molar-refractivity contribution is 5.41. The summed E-state index contributed by atoms with van der Waals surface area (Å²) in [5.74, 6) is 0. The predicted octanol–water partition coefficient (Wildman–Crippen LogP) is 1.25. The van der Waals surface area contributed by atoms with Gasteiger partial charge in [-0.1, -0.05) is 18.2 Å². The smallest absolute Gasteiger partial charge is 0.0823 e. The predicted molar refractivity (Wildman–Crippen MR) is 62.2 cm³/mol. The third kappa shape index (κ3) is 2.13. The van der Waals surface area contributed by atoms with Crippen molar-refractivity contribution in [3.8, 4) is 5.69 Å². The van der Waals surface area contributed by atoms with Crippen LogP contribution in [0.1, 0.15) is 18.1 Å². The van der Waals surface area contributed by atoms with E-state index < -0.39 is 6.10 Å². The molecule has 2 rings (SSSR count). The van der Waals surface area contributed by atoms with Gasteiger partial charge in [-0.3, -0.25) is 0 Å². The van der Waals surface area contributed by atoms with Crippen molar-refractivity contribution in [3.63, 3.8) is 0 Å². The van der Waals surface area contributed by atoms with E-state index in [2.05, 4.69) is 5.10 Å². The molecule has 0 aliphatic heterocycles. The van der Waals surface area contributed by atoms with Crippen LogP contribution in [-0.4, -0.2) is 21.4 Å². The Morgan fingerprint density at radius 1 is 1.31 bits per heavy atom. The van der Waals surface area contributed by atoms with E-state index in [1.807, 2.05) is 36.5 Å². The molecule has 0 bridgehead atoms. The van der Waals surface area contributed by atoms with Crippen LogP contribution in [0.4, 0.5) is 0 Å². The number of nitrogens with zero attached hydrogens (tertiary/aromatic N) is 2. The maximum atomic E-state index is 9.98. The van der Waals surface area contributed by atoms with E-state index in [4.69, 9.17) is 5.73 Å². The number of para-hydroxylation sites is 1. The minimum atomic E-state index is -0.537. The number of rotatable bonds is 4. The highest BCUT2D eigenvalue weighted by Crippen LogP contribution is 2.22. The van der Waals surface area contributed by atoms with Crippen molar-refractivity contribution in [1.29, 1.82) is 0 Å². The molecule has 0 unspecified atom stereocenters. The zero-order valence-corrected chi connectivity index (χ0v) is 8.95. The van der Waals surface area contributed by atoms with Crippen LogP contribution < -0.4 is 5.73 Å². The molecule has 0 spiro atoms. The Morgan fingerprint density at radius 2 is 2.12 bits per heavy atom. The fourth-order valence-electron chi connectivity index (χ4n) is 1.70. The lowest BCUT2D eigenvalue weighted by atomic mass is 10.0. The summed E-state index contributed by atoms with van der Waals surface area (Å²) in [6.07, 6.45) is 3.59. The molecule has 3 N–H and O–H groups in total. The molecule has 1 heterocycles. The number of benzene rings is 1. The number of aromatic nitrogens is 2. The molecule has 4 nitrogen and oxygen atoms in total. The first-order valence-corrected chi connectivity index (χ1v) is 5.30. The molecule has 0 amide bonds. The zero-order valence-electron chi connectivity index (χ0n) is 8.95. The van der Waals surface area contributed by atoms with Gasteiger partial charge in [-0.2, -0.15) is 5.10 Å². The normalized spacial score (nSPS) is 12.6. The second-order valence-electron chi connectivity index (χ2n) is 3.60. The van der Waals surface area contributed by atoms with Crippen LogP contribution in [0.3, 0.4) is 0 Å². The largest absolute Gasteiger partial charge is 0.388 e.